The molecule has 4 heteroatoms. The van der Waals surface area contributed by atoms with Crippen molar-refractivity contribution in [3.8, 4) is 0 Å². The molecule has 1 aliphatic heterocycles. The van der Waals surface area contributed by atoms with Gasteiger partial charge in [-0.15, -0.1) is 0 Å². The van der Waals surface area contributed by atoms with Crippen LogP contribution in [0.15, 0.2) is 119 Å². The lowest BCUT2D eigenvalue weighted by molar-refractivity contribution is 0.628. The highest BCUT2D eigenvalue weighted by atomic mass is 19.1. The summed E-state index contributed by atoms with van der Waals surface area (Å²) in [5.41, 5.74) is 6.20. The van der Waals surface area contributed by atoms with Crippen LogP contribution < -0.4 is 5.01 Å². The lowest BCUT2D eigenvalue weighted by Gasteiger charge is -2.24. The van der Waals surface area contributed by atoms with E-state index in [1.165, 1.54) is 17.7 Å². The molecule has 5 rings (SSSR count). The van der Waals surface area contributed by atoms with E-state index in [9.17, 15) is 4.39 Å². The van der Waals surface area contributed by atoms with E-state index in [0.29, 0.717) is 0 Å². The highest BCUT2D eigenvalue weighted by Crippen LogP contribution is 2.36. The van der Waals surface area contributed by atoms with Crippen LogP contribution in [-0.4, -0.2) is 11.9 Å². The van der Waals surface area contributed by atoms with E-state index < -0.39 is 0 Å². The van der Waals surface area contributed by atoms with Gasteiger partial charge in [-0.3, -0.25) is 10.0 Å². The van der Waals surface area contributed by atoms with Crippen molar-refractivity contribution in [2.45, 2.75) is 12.5 Å². The maximum absolute atomic E-state index is 13.1. The molecule has 0 spiro atoms. The van der Waals surface area contributed by atoms with Crippen molar-refractivity contribution in [3.63, 3.8) is 0 Å². The van der Waals surface area contributed by atoms with E-state index in [1.807, 2.05) is 36.4 Å². The van der Waals surface area contributed by atoms with E-state index in [4.69, 9.17) is 5.10 Å². The molecule has 1 heterocycles. The van der Waals surface area contributed by atoms with E-state index in [2.05, 4.69) is 58.5 Å². The SMILES string of the molecule is Fc1ccc(N=Cc2ccc(N3N=C(c4ccccc4)CC3c3ccccc3)cc2)cc1. The van der Waals surface area contributed by atoms with Crippen LogP contribution >= 0.6 is 0 Å². The summed E-state index contributed by atoms with van der Waals surface area (Å²) in [7, 11) is 0. The first-order chi connectivity index (χ1) is 15.8. The molecule has 1 atom stereocenters. The topological polar surface area (TPSA) is 28.0 Å². The number of nitrogens with zero attached hydrogens (tertiary/aromatic N) is 3. The van der Waals surface area contributed by atoms with Crippen LogP contribution in [0.25, 0.3) is 0 Å². The molecule has 0 aliphatic carbocycles. The van der Waals surface area contributed by atoms with E-state index in [0.717, 1.165) is 34.6 Å². The Morgan fingerprint density at radius 1 is 0.781 bits per heavy atom. The fraction of sp³-hybridized carbons (Fsp3) is 0.0714. The third-order valence-electron chi connectivity index (χ3n) is 5.55. The third-order valence-corrected chi connectivity index (χ3v) is 5.55. The van der Waals surface area contributed by atoms with Crippen molar-refractivity contribution in [1.29, 1.82) is 0 Å². The Kier molecular flexibility index (Phi) is 5.58. The van der Waals surface area contributed by atoms with Crippen LogP contribution in [0.4, 0.5) is 15.8 Å². The summed E-state index contributed by atoms with van der Waals surface area (Å²) in [5.74, 6) is -0.262. The molecule has 0 N–H and O–H groups in total. The molecule has 0 saturated carbocycles. The zero-order valence-corrected chi connectivity index (χ0v) is 17.5. The first-order valence-corrected chi connectivity index (χ1v) is 10.6. The van der Waals surface area contributed by atoms with Crippen molar-refractivity contribution in [2.75, 3.05) is 5.01 Å². The normalized spacial score (nSPS) is 15.8. The summed E-state index contributed by atoms with van der Waals surface area (Å²) in [6, 6.07) is 35.3. The fourth-order valence-corrected chi connectivity index (χ4v) is 3.88. The van der Waals surface area contributed by atoms with Gasteiger partial charge < -0.3 is 0 Å². The van der Waals surface area contributed by atoms with Gasteiger partial charge in [-0.1, -0.05) is 72.8 Å². The Balaban J connectivity index is 1.42. The molecule has 1 aliphatic rings. The van der Waals surface area contributed by atoms with Gasteiger partial charge in [0.2, 0.25) is 0 Å². The van der Waals surface area contributed by atoms with Gasteiger partial charge in [0.25, 0.3) is 0 Å². The van der Waals surface area contributed by atoms with Crippen molar-refractivity contribution in [2.24, 2.45) is 10.1 Å². The van der Waals surface area contributed by atoms with Crippen LogP contribution in [0, 0.1) is 5.82 Å². The van der Waals surface area contributed by atoms with Crippen LogP contribution in [0.1, 0.15) is 29.2 Å². The van der Waals surface area contributed by atoms with Crippen molar-refractivity contribution < 1.29 is 4.39 Å². The summed E-state index contributed by atoms with van der Waals surface area (Å²) in [6.07, 6.45) is 2.64. The second kappa shape index (κ2) is 8.98. The Hall–Kier alpha value is -4.05. The molecule has 0 aromatic heterocycles. The average molecular weight is 420 g/mol. The van der Waals surface area contributed by atoms with Crippen LogP contribution in [0.5, 0.6) is 0 Å². The Morgan fingerprint density at radius 2 is 1.44 bits per heavy atom. The number of hydrazone groups is 1. The summed E-state index contributed by atoms with van der Waals surface area (Å²) < 4.78 is 13.1. The van der Waals surface area contributed by atoms with Gasteiger partial charge in [0.15, 0.2) is 0 Å². The molecule has 4 aromatic rings. The first kappa shape index (κ1) is 19.9. The van der Waals surface area contributed by atoms with Gasteiger partial charge in [-0.2, -0.15) is 5.10 Å². The van der Waals surface area contributed by atoms with Gasteiger partial charge in [0, 0.05) is 12.6 Å². The van der Waals surface area contributed by atoms with Crippen molar-refractivity contribution >= 4 is 23.3 Å². The Bertz CT molecular complexity index is 1230. The molecule has 0 radical (unpaired) electrons. The lowest BCUT2D eigenvalue weighted by atomic mass is 9.98. The highest BCUT2D eigenvalue weighted by molar-refractivity contribution is 6.03. The molecule has 1 unspecified atom stereocenters. The predicted molar refractivity (Wildman–Crippen MR) is 129 cm³/mol. The predicted octanol–water partition coefficient (Wildman–Crippen LogP) is 6.93. The number of halogens is 1. The number of anilines is 1. The van der Waals surface area contributed by atoms with Crippen LogP contribution in [0.3, 0.4) is 0 Å². The number of hydrogen-bond acceptors (Lipinski definition) is 3. The zero-order valence-electron chi connectivity index (χ0n) is 17.5. The van der Waals surface area contributed by atoms with Crippen LogP contribution in [-0.2, 0) is 0 Å². The second-order valence-electron chi connectivity index (χ2n) is 7.71. The molecule has 0 bridgehead atoms. The summed E-state index contributed by atoms with van der Waals surface area (Å²) >= 11 is 0. The molecule has 32 heavy (non-hydrogen) atoms. The Labute approximate surface area is 187 Å². The standard InChI is InChI=1S/C28H22FN3/c29-24-13-15-25(16-14-24)30-20-21-11-17-26(18-12-21)32-28(23-9-5-2-6-10-23)19-27(31-32)22-7-3-1-4-8-22/h1-18,20,28H,19H2. The van der Waals surface area contributed by atoms with Crippen molar-refractivity contribution in [3.05, 3.63) is 132 Å². The third kappa shape index (κ3) is 4.35. The molecular formula is C28H22FN3. The molecule has 3 nitrogen and oxygen atoms in total. The average Bonchev–Trinajstić information content (AvgIpc) is 3.31. The monoisotopic (exact) mass is 419 g/mol. The number of hydrogen-bond donors (Lipinski definition) is 0. The molecule has 156 valence electrons. The van der Waals surface area contributed by atoms with Crippen molar-refractivity contribution in [1.82, 2.24) is 0 Å². The van der Waals surface area contributed by atoms with E-state index in [1.54, 1.807) is 18.3 Å². The molecule has 4 aromatic carbocycles. The van der Waals surface area contributed by atoms with Gasteiger partial charge >= 0.3 is 0 Å². The van der Waals surface area contributed by atoms with Crippen LogP contribution in [0.2, 0.25) is 0 Å². The van der Waals surface area contributed by atoms with Gasteiger partial charge in [-0.25, -0.2) is 4.39 Å². The lowest BCUT2D eigenvalue weighted by Crippen LogP contribution is -2.18. The zero-order chi connectivity index (χ0) is 21.8. The second-order valence-corrected chi connectivity index (χ2v) is 7.71. The first-order valence-electron chi connectivity index (χ1n) is 10.6. The maximum Gasteiger partial charge on any atom is 0.123 e. The van der Waals surface area contributed by atoms with E-state index in [-0.39, 0.29) is 11.9 Å². The minimum Gasteiger partial charge on any atom is -0.257 e. The quantitative estimate of drug-likeness (QED) is 0.322. The number of aliphatic imine (C=N–C) groups is 1. The number of rotatable bonds is 5. The maximum atomic E-state index is 13.1. The Morgan fingerprint density at radius 3 is 2.12 bits per heavy atom. The molecular weight excluding hydrogens is 397 g/mol. The molecule has 0 amide bonds. The largest absolute Gasteiger partial charge is 0.257 e. The summed E-state index contributed by atoms with van der Waals surface area (Å²) in [5, 5.41) is 7.11. The highest BCUT2D eigenvalue weighted by Gasteiger charge is 2.29. The van der Waals surface area contributed by atoms with Gasteiger partial charge in [-0.05, 0) is 53.1 Å². The smallest absolute Gasteiger partial charge is 0.123 e. The minimum absolute atomic E-state index is 0.144. The minimum atomic E-state index is -0.262. The molecule has 0 fully saturated rings. The molecule has 0 saturated heterocycles. The van der Waals surface area contributed by atoms with Gasteiger partial charge in [0.1, 0.15) is 5.82 Å². The summed E-state index contributed by atoms with van der Waals surface area (Å²) in [4.78, 5) is 4.43. The number of benzene rings is 4. The van der Waals surface area contributed by atoms with E-state index >= 15 is 0 Å². The summed E-state index contributed by atoms with van der Waals surface area (Å²) in [6.45, 7) is 0. The fourth-order valence-electron chi connectivity index (χ4n) is 3.88. The van der Waals surface area contributed by atoms with Gasteiger partial charge in [0.05, 0.1) is 23.1 Å².